The van der Waals surface area contributed by atoms with Crippen LogP contribution in [0.3, 0.4) is 0 Å². The molecule has 2 aromatic carbocycles. The van der Waals surface area contributed by atoms with Gasteiger partial charge in [0.15, 0.2) is 0 Å². The van der Waals surface area contributed by atoms with Gasteiger partial charge in [-0.2, -0.15) is 5.26 Å². The summed E-state index contributed by atoms with van der Waals surface area (Å²) in [5.41, 5.74) is 3.85. The van der Waals surface area contributed by atoms with Crippen molar-refractivity contribution >= 4 is 16.7 Å². The summed E-state index contributed by atoms with van der Waals surface area (Å²) in [6.45, 7) is 2.70. The maximum atomic E-state index is 8.93. The van der Waals surface area contributed by atoms with Crippen molar-refractivity contribution in [3.05, 3.63) is 71.3 Å². The molecule has 0 radical (unpaired) electrons. The second-order valence-corrected chi connectivity index (χ2v) is 5.01. The minimum absolute atomic E-state index is 0.654. The Hall–Kier alpha value is -2.86. The van der Waals surface area contributed by atoms with Crippen molar-refractivity contribution in [2.24, 2.45) is 0 Å². The number of para-hydroxylation sites is 1. The van der Waals surface area contributed by atoms with E-state index in [-0.39, 0.29) is 0 Å². The zero-order chi connectivity index (χ0) is 14.7. The number of aryl methyl sites for hydroxylation is 1. The fourth-order valence-corrected chi connectivity index (χ4v) is 2.34. The van der Waals surface area contributed by atoms with E-state index in [1.165, 1.54) is 0 Å². The number of aromatic nitrogens is 1. The third-order valence-electron chi connectivity index (χ3n) is 3.43. The molecule has 0 aliphatic carbocycles. The van der Waals surface area contributed by atoms with E-state index in [1.807, 2.05) is 49.4 Å². The number of nitrogens with zero attached hydrogens (tertiary/aromatic N) is 2. The molecule has 0 fully saturated rings. The maximum Gasteiger partial charge on any atom is 0.129 e. The Labute approximate surface area is 123 Å². The highest BCUT2D eigenvalue weighted by Gasteiger charge is 2.03. The normalized spacial score (nSPS) is 10.3. The van der Waals surface area contributed by atoms with E-state index in [0.717, 1.165) is 27.8 Å². The van der Waals surface area contributed by atoms with E-state index < -0.39 is 0 Å². The second kappa shape index (κ2) is 5.64. The Bertz CT molecular complexity index is 831. The van der Waals surface area contributed by atoms with Crippen LogP contribution in [0.5, 0.6) is 0 Å². The molecule has 1 heterocycles. The number of anilines is 1. The SMILES string of the molecule is Cc1cc2ccccc2nc1NCc1cccc(C#N)c1. The van der Waals surface area contributed by atoms with Crippen LogP contribution < -0.4 is 5.32 Å². The van der Waals surface area contributed by atoms with Gasteiger partial charge in [0.25, 0.3) is 0 Å². The summed E-state index contributed by atoms with van der Waals surface area (Å²) in [5.74, 6) is 0.885. The highest BCUT2D eigenvalue weighted by atomic mass is 15.0. The van der Waals surface area contributed by atoms with Crippen LogP contribution in [0.25, 0.3) is 10.9 Å². The lowest BCUT2D eigenvalue weighted by molar-refractivity contribution is 1.11. The van der Waals surface area contributed by atoms with Crippen LogP contribution in [0.1, 0.15) is 16.7 Å². The molecule has 0 unspecified atom stereocenters. The second-order valence-electron chi connectivity index (χ2n) is 5.01. The van der Waals surface area contributed by atoms with E-state index in [9.17, 15) is 0 Å². The third-order valence-corrected chi connectivity index (χ3v) is 3.43. The zero-order valence-electron chi connectivity index (χ0n) is 11.8. The molecular formula is C18H15N3. The predicted octanol–water partition coefficient (Wildman–Crippen LogP) is 4.03. The smallest absolute Gasteiger partial charge is 0.129 e. The maximum absolute atomic E-state index is 8.93. The fourth-order valence-electron chi connectivity index (χ4n) is 2.34. The van der Waals surface area contributed by atoms with Crippen LogP contribution in [-0.4, -0.2) is 4.98 Å². The Balaban J connectivity index is 1.84. The van der Waals surface area contributed by atoms with Gasteiger partial charge >= 0.3 is 0 Å². The van der Waals surface area contributed by atoms with Crippen LogP contribution in [-0.2, 0) is 6.54 Å². The Morgan fingerprint density at radius 3 is 2.81 bits per heavy atom. The largest absolute Gasteiger partial charge is 0.366 e. The van der Waals surface area contributed by atoms with Crippen molar-refractivity contribution < 1.29 is 0 Å². The summed E-state index contributed by atoms with van der Waals surface area (Å²) in [7, 11) is 0. The van der Waals surface area contributed by atoms with E-state index in [4.69, 9.17) is 5.26 Å². The molecule has 102 valence electrons. The first kappa shape index (κ1) is 13.1. The molecule has 3 rings (SSSR count). The van der Waals surface area contributed by atoms with Crippen LogP contribution in [0.4, 0.5) is 5.82 Å². The molecule has 0 atom stereocenters. The lowest BCUT2D eigenvalue weighted by Crippen LogP contribution is -2.03. The van der Waals surface area contributed by atoms with Crippen molar-refractivity contribution in [2.75, 3.05) is 5.32 Å². The molecule has 1 N–H and O–H groups in total. The lowest BCUT2D eigenvalue weighted by Gasteiger charge is -2.10. The number of nitriles is 1. The molecule has 3 nitrogen and oxygen atoms in total. The molecule has 0 amide bonds. The molecule has 0 saturated carbocycles. The van der Waals surface area contributed by atoms with E-state index in [2.05, 4.69) is 28.5 Å². The number of hydrogen-bond acceptors (Lipinski definition) is 3. The van der Waals surface area contributed by atoms with Gasteiger partial charge in [-0.3, -0.25) is 0 Å². The van der Waals surface area contributed by atoms with Gasteiger partial charge < -0.3 is 5.32 Å². The molecular weight excluding hydrogens is 258 g/mol. The summed E-state index contributed by atoms with van der Waals surface area (Å²) < 4.78 is 0. The topological polar surface area (TPSA) is 48.7 Å². The summed E-state index contributed by atoms with van der Waals surface area (Å²) in [6, 6.07) is 20.0. The van der Waals surface area contributed by atoms with Gasteiger partial charge in [0.2, 0.25) is 0 Å². The van der Waals surface area contributed by atoms with Crippen LogP contribution in [0, 0.1) is 18.3 Å². The molecule has 1 aromatic heterocycles. The number of fused-ring (bicyclic) bond motifs is 1. The van der Waals surface area contributed by atoms with E-state index in [0.29, 0.717) is 12.1 Å². The van der Waals surface area contributed by atoms with Crippen LogP contribution in [0.2, 0.25) is 0 Å². The van der Waals surface area contributed by atoms with Crippen molar-refractivity contribution in [1.29, 1.82) is 5.26 Å². The number of hydrogen-bond donors (Lipinski definition) is 1. The summed E-state index contributed by atoms with van der Waals surface area (Å²) in [5, 5.41) is 13.4. The molecule has 0 aliphatic heterocycles. The first-order valence-electron chi connectivity index (χ1n) is 6.85. The number of benzene rings is 2. The number of pyridine rings is 1. The highest BCUT2D eigenvalue weighted by Crippen LogP contribution is 2.20. The van der Waals surface area contributed by atoms with Gasteiger partial charge in [0.05, 0.1) is 17.1 Å². The van der Waals surface area contributed by atoms with Gasteiger partial charge in [-0.25, -0.2) is 4.98 Å². The zero-order valence-corrected chi connectivity index (χ0v) is 11.8. The van der Waals surface area contributed by atoms with Crippen LogP contribution >= 0.6 is 0 Å². The monoisotopic (exact) mass is 273 g/mol. The van der Waals surface area contributed by atoms with Crippen molar-refractivity contribution in [3.8, 4) is 6.07 Å². The van der Waals surface area contributed by atoms with Crippen molar-refractivity contribution in [2.45, 2.75) is 13.5 Å². The number of rotatable bonds is 3. The van der Waals surface area contributed by atoms with Gasteiger partial charge in [-0.05, 0) is 42.3 Å². The Kier molecular flexibility index (Phi) is 3.53. The summed E-state index contributed by atoms with van der Waals surface area (Å²) >= 11 is 0. The minimum Gasteiger partial charge on any atom is -0.366 e. The first-order chi connectivity index (χ1) is 10.3. The quantitative estimate of drug-likeness (QED) is 0.783. The van der Waals surface area contributed by atoms with Crippen molar-refractivity contribution in [1.82, 2.24) is 4.98 Å². The highest BCUT2D eigenvalue weighted by molar-refractivity contribution is 5.81. The Morgan fingerprint density at radius 2 is 1.95 bits per heavy atom. The molecule has 0 bridgehead atoms. The lowest BCUT2D eigenvalue weighted by atomic mass is 10.1. The molecule has 3 aromatic rings. The standard InChI is InChI=1S/C18H15N3/c1-13-9-16-7-2-3-8-17(16)21-18(13)20-12-15-6-4-5-14(10-15)11-19/h2-10H,12H2,1H3,(H,20,21). The molecule has 3 heteroatoms. The van der Waals surface area contributed by atoms with Gasteiger partial charge in [0.1, 0.15) is 5.82 Å². The average molecular weight is 273 g/mol. The minimum atomic E-state index is 0.654. The average Bonchev–Trinajstić information content (AvgIpc) is 2.53. The van der Waals surface area contributed by atoms with Gasteiger partial charge in [-0.1, -0.05) is 30.3 Å². The van der Waals surface area contributed by atoms with Gasteiger partial charge in [-0.15, -0.1) is 0 Å². The summed E-state index contributed by atoms with van der Waals surface area (Å²) in [6.07, 6.45) is 0. The summed E-state index contributed by atoms with van der Waals surface area (Å²) in [4.78, 5) is 4.66. The fraction of sp³-hybridized carbons (Fsp3) is 0.111. The van der Waals surface area contributed by atoms with E-state index in [1.54, 1.807) is 0 Å². The Morgan fingerprint density at radius 1 is 1.10 bits per heavy atom. The molecule has 0 saturated heterocycles. The molecule has 0 spiro atoms. The first-order valence-corrected chi connectivity index (χ1v) is 6.85. The van der Waals surface area contributed by atoms with E-state index >= 15 is 0 Å². The number of nitrogens with one attached hydrogen (secondary N) is 1. The third kappa shape index (κ3) is 2.85. The van der Waals surface area contributed by atoms with Crippen LogP contribution in [0.15, 0.2) is 54.6 Å². The molecule has 0 aliphatic rings. The van der Waals surface area contributed by atoms with Crippen molar-refractivity contribution in [3.63, 3.8) is 0 Å². The van der Waals surface area contributed by atoms with Gasteiger partial charge in [0, 0.05) is 11.9 Å². The predicted molar refractivity (Wildman–Crippen MR) is 85.0 cm³/mol. The molecule has 21 heavy (non-hydrogen) atoms.